The Morgan fingerprint density at radius 3 is 2.90 bits per heavy atom. The molecule has 0 bridgehead atoms. The fourth-order valence-corrected chi connectivity index (χ4v) is 1.87. The molecule has 1 atom stereocenters. The normalized spacial score (nSPS) is 12.1. The zero-order chi connectivity index (χ0) is 15.2. The molecule has 0 aromatic carbocycles. The number of hydrogen-bond acceptors (Lipinski definition) is 6. The second kappa shape index (κ2) is 6.94. The lowest BCUT2D eigenvalue weighted by molar-refractivity contribution is 0.0520. The summed E-state index contributed by atoms with van der Waals surface area (Å²) in [5.74, 6) is -0.526. The average Bonchev–Trinajstić information content (AvgIpc) is 2.90. The first-order valence-corrected chi connectivity index (χ1v) is 6.83. The van der Waals surface area contributed by atoms with E-state index in [4.69, 9.17) is 4.74 Å². The lowest BCUT2D eigenvalue weighted by atomic mass is 10.2. The first-order chi connectivity index (χ1) is 10.1. The Balaban J connectivity index is 2.40. The van der Waals surface area contributed by atoms with Gasteiger partial charge in [-0.3, -0.25) is 4.98 Å². The van der Waals surface area contributed by atoms with Gasteiger partial charge in [0.1, 0.15) is 5.69 Å². The second-order valence-corrected chi connectivity index (χ2v) is 4.58. The minimum atomic E-state index is -0.526. The first-order valence-electron chi connectivity index (χ1n) is 6.83. The Hall–Kier alpha value is -2.28. The SMILES string of the molecule is CCOC(=O)c1nnn(CCC(C)O)c1-c1ccccn1. The molecule has 2 rings (SSSR count). The Labute approximate surface area is 122 Å². The van der Waals surface area contributed by atoms with Gasteiger partial charge in [0.15, 0.2) is 5.69 Å². The van der Waals surface area contributed by atoms with E-state index in [1.807, 2.05) is 6.07 Å². The summed E-state index contributed by atoms with van der Waals surface area (Å²) in [6.07, 6.45) is 1.68. The van der Waals surface area contributed by atoms with E-state index in [0.717, 1.165) is 0 Å². The van der Waals surface area contributed by atoms with E-state index in [1.165, 1.54) is 0 Å². The smallest absolute Gasteiger partial charge is 0.361 e. The fraction of sp³-hybridized carbons (Fsp3) is 0.429. The second-order valence-electron chi connectivity index (χ2n) is 4.58. The van der Waals surface area contributed by atoms with Crippen molar-refractivity contribution >= 4 is 5.97 Å². The number of aryl methyl sites for hydroxylation is 1. The molecule has 0 fully saturated rings. The van der Waals surface area contributed by atoms with Crippen molar-refractivity contribution < 1.29 is 14.6 Å². The van der Waals surface area contributed by atoms with Crippen LogP contribution >= 0.6 is 0 Å². The summed E-state index contributed by atoms with van der Waals surface area (Å²) in [5.41, 5.74) is 1.24. The number of esters is 1. The predicted molar refractivity (Wildman–Crippen MR) is 75.5 cm³/mol. The molecule has 0 aliphatic carbocycles. The Morgan fingerprint density at radius 1 is 1.48 bits per heavy atom. The summed E-state index contributed by atoms with van der Waals surface area (Å²) in [6, 6.07) is 5.39. The highest BCUT2D eigenvalue weighted by Crippen LogP contribution is 2.21. The van der Waals surface area contributed by atoms with E-state index >= 15 is 0 Å². The third kappa shape index (κ3) is 3.63. The maximum Gasteiger partial charge on any atom is 0.361 e. The van der Waals surface area contributed by atoms with Crippen LogP contribution in [0.3, 0.4) is 0 Å². The van der Waals surface area contributed by atoms with Crippen molar-refractivity contribution in [3.05, 3.63) is 30.1 Å². The van der Waals surface area contributed by atoms with E-state index in [0.29, 0.717) is 24.4 Å². The van der Waals surface area contributed by atoms with Crippen LogP contribution in [0.25, 0.3) is 11.4 Å². The number of ether oxygens (including phenoxy) is 1. The number of aliphatic hydroxyl groups is 1. The van der Waals surface area contributed by atoms with Gasteiger partial charge in [0.2, 0.25) is 0 Å². The minimum absolute atomic E-state index is 0.140. The molecule has 7 heteroatoms. The van der Waals surface area contributed by atoms with Crippen LogP contribution in [0.5, 0.6) is 0 Å². The molecule has 2 aromatic rings. The van der Waals surface area contributed by atoms with Gasteiger partial charge >= 0.3 is 5.97 Å². The van der Waals surface area contributed by atoms with Gasteiger partial charge in [-0.1, -0.05) is 11.3 Å². The van der Waals surface area contributed by atoms with E-state index in [2.05, 4.69) is 15.3 Å². The maximum absolute atomic E-state index is 12.0. The third-order valence-electron chi connectivity index (χ3n) is 2.87. The molecule has 0 saturated carbocycles. The maximum atomic E-state index is 12.0. The minimum Gasteiger partial charge on any atom is -0.461 e. The number of carbonyl (C=O) groups excluding carboxylic acids is 1. The quantitative estimate of drug-likeness (QED) is 0.806. The fourth-order valence-electron chi connectivity index (χ4n) is 1.87. The highest BCUT2D eigenvalue weighted by atomic mass is 16.5. The van der Waals surface area contributed by atoms with Crippen molar-refractivity contribution in [1.82, 2.24) is 20.0 Å². The summed E-state index contributed by atoms with van der Waals surface area (Å²) in [5, 5.41) is 17.3. The van der Waals surface area contributed by atoms with Crippen molar-refractivity contribution in [3.63, 3.8) is 0 Å². The highest BCUT2D eigenvalue weighted by Gasteiger charge is 2.23. The lowest BCUT2D eigenvalue weighted by Crippen LogP contribution is -2.11. The van der Waals surface area contributed by atoms with Crippen LogP contribution in [0.15, 0.2) is 24.4 Å². The predicted octanol–water partition coefficient (Wildman–Crippen LogP) is 1.29. The Bertz CT molecular complexity index is 596. The van der Waals surface area contributed by atoms with Crippen LogP contribution in [-0.2, 0) is 11.3 Å². The summed E-state index contributed by atoms with van der Waals surface area (Å²) in [7, 11) is 0. The number of aliphatic hydroxyl groups excluding tert-OH is 1. The molecule has 1 unspecified atom stereocenters. The monoisotopic (exact) mass is 290 g/mol. The molecule has 0 radical (unpaired) electrons. The molecular formula is C14H18N4O3. The van der Waals surface area contributed by atoms with Crippen molar-refractivity contribution in [2.45, 2.75) is 32.9 Å². The van der Waals surface area contributed by atoms with E-state index < -0.39 is 12.1 Å². The van der Waals surface area contributed by atoms with Crippen molar-refractivity contribution in [1.29, 1.82) is 0 Å². The number of hydrogen-bond donors (Lipinski definition) is 1. The number of rotatable bonds is 6. The van der Waals surface area contributed by atoms with Crippen molar-refractivity contribution in [2.75, 3.05) is 6.61 Å². The molecule has 1 N–H and O–H groups in total. The van der Waals surface area contributed by atoms with Crippen LogP contribution in [-0.4, -0.2) is 43.8 Å². The van der Waals surface area contributed by atoms with Gasteiger partial charge in [-0.25, -0.2) is 9.48 Å². The molecule has 0 spiro atoms. The summed E-state index contributed by atoms with van der Waals surface area (Å²) >= 11 is 0. The van der Waals surface area contributed by atoms with Gasteiger partial charge in [-0.2, -0.15) is 0 Å². The molecule has 0 aliphatic heterocycles. The van der Waals surface area contributed by atoms with Crippen molar-refractivity contribution in [2.24, 2.45) is 0 Å². The first kappa shape index (κ1) is 15.1. The largest absolute Gasteiger partial charge is 0.461 e. The van der Waals surface area contributed by atoms with Gasteiger partial charge in [-0.15, -0.1) is 5.10 Å². The summed E-state index contributed by atoms with van der Waals surface area (Å²) in [4.78, 5) is 16.2. The standard InChI is InChI=1S/C14H18N4O3/c1-3-21-14(20)12-13(11-6-4-5-8-15-11)18(17-16-12)9-7-10(2)19/h4-6,8,10,19H,3,7,9H2,1-2H3. The van der Waals surface area contributed by atoms with E-state index in [-0.39, 0.29) is 12.3 Å². The molecule has 0 amide bonds. The van der Waals surface area contributed by atoms with Gasteiger partial charge < -0.3 is 9.84 Å². The summed E-state index contributed by atoms with van der Waals surface area (Å²) < 4.78 is 6.57. The average molecular weight is 290 g/mol. The molecule has 2 heterocycles. The Kier molecular flexibility index (Phi) is 4.99. The van der Waals surface area contributed by atoms with Crippen LogP contribution in [0.1, 0.15) is 30.8 Å². The number of pyridine rings is 1. The highest BCUT2D eigenvalue weighted by molar-refractivity contribution is 5.93. The molecular weight excluding hydrogens is 272 g/mol. The van der Waals surface area contributed by atoms with Crippen LogP contribution in [0, 0.1) is 0 Å². The lowest BCUT2D eigenvalue weighted by Gasteiger charge is -2.08. The molecule has 0 saturated heterocycles. The Morgan fingerprint density at radius 2 is 2.29 bits per heavy atom. The number of nitrogens with zero attached hydrogens (tertiary/aromatic N) is 4. The van der Waals surface area contributed by atoms with Gasteiger partial charge in [0.05, 0.1) is 18.4 Å². The molecule has 0 aliphatic rings. The van der Waals surface area contributed by atoms with E-state index in [9.17, 15) is 9.90 Å². The molecule has 7 nitrogen and oxygen atoms in total. The topological polar surface area (TPSA) is 90.1 Å². The summed E-state index contributed by atoms with van der Waals surface area (Å²) in [6.45, 7) is 4.14. The number of aromatic nitrogens is 4. The third-order valence-corrected chi connectivity index (χ3v) is 2.87. The molecule has 112 valence electrons. The zero-order valence-electron chi connectivity index (χ0n) is 12.1. The van der Waals surface area contributed by atoms with Gasteiger partial charge in [0, 0.05) is 12.7 Å². The van der Waals surface area contributed by atoms with Gasteiger partial charge in [-0.05, 0) is 32.4 Å². The zero-order valence-corrected chi connectivity index (χ0v) is 12.1. The van der Waals surface area contributed by atoms with E-state index in [1.54, 1.807) is 36.9 Å². The molecule has 21 heavy (non-hydrogen) atoms. The van der Waals surface area contributed by atoms with Crippen molar-refractivity contribution in [3.8, 4) is 11.4 Å². The van der Waals surface area contributed by atoms with Gasteiger partial charge in [0.25, 0.3) is 0 Å². The van der Waals surface area contributed by atoms with Crippen LogP contribution in [0.2, 0.25) is 0 Å². The molecule has 2 aromatic heterocycles. The van der Waals surface area contributed by atoms with Crippen LogP contribution in [0.4, 0.5) is 0 Å². The van der Waals surface area contributed by atoms with Crippen LogP contribution < -0.4 is 0 Å². The number of carbonyl (C=O) groups is 1.